The standard InChI is InChI=1S/C23H22Cl2N2O4S/c1-15-6-5-8-20(16(15)2)27-32(29,30)22-14-17(10-11-19(22)25)23(28)26-12-13-31-21-9-4-3-7-18(21)24/h3-11,14,27H,12-13H2,1-2H3,(H,26,28). The Morgan fingerprint density at radius 3 is 2.47 bits per heavy atom. The van der Waals surface area contributed by atoms with Gasteiger partial charge in [0.15, 0.2) is 0 Å². The lowest BCUT2D eigenvalue weighted by atomic mass is 10.1. The number of benzene rings is 3. The summed E-state index contributed by atoms with van der Waals surface area (Å²) in [5.41, 5.74) is 2.36. The Kier molecular flexibility index (Phi) is 7.66. The van der Waals surface area contributed by atoms with Crippen LogP contribution in [-0.2, 0) is 10.0 Å². The van der Waals surface area contributed by atoms with Gasteiger partial charge in [-0.2, -0.15) is 0 Å². The molecule has 0 fully saturated rings. The highest BCUT2D eigenvalue weighted by molar-refractivity contribution is 7.92. The van der Waals surface area contributed by atoms with E-state index in [9.17, 15) is 13.2 Å². The van der Waals surface area contributed by atoms with Crippen LogP contribution in [0.2, 0.25) is 10.0 Å². The fraction of sp³-hybridized carbons (Fsp3) is 0.174. The van der Waals surface area contributed by atoms with Gasteiger partial charge in [-0.25, -0.2) is 8.42 Å². The van der Waals surface area contributed by atoms with E-state index in [0.717, 1.165) is 11.1 Å². The summed E-state index contributed by atoms with van der Waals surface area (Å²) in [7, 11) is -4.01. The fourth-order valence-electron chi connectivity index (χ4n) is 2.90. The number of ether oxygens (including phenoxy) is 1. The highest BCUT2D eigenvalue weighted by Crippen LogP contribution is 2.27. The van der Waals surface area contributed by atoms with Gasteiger partial charge in [-0.15, -0.1) is 0 Å². The number of rotatable bonds is 8. The van der Waals surface area contributed by atoms with Gasteiger partial charge >= 0.3 is 0 Å². The van der Waals surface area contributed by atoms with Crippen LogP contribution in [-0.4, -0.2) is 27.5 Å². The SMILES string of the molecule is Cc1cccc(NS(=O)(=O)c2cc(C(=O)NCCOc3ccccc3Cl)ccc2Cl)c1C. The minimum Gasteiger partial charge on any atom is -0.490 e. The van der Waals surface area contributed by atoms with Crippen LogP contribution < -0.4 is 14.8 Å². The number of carbonyl (C=O) groups excluding carboxylic acids is 1. The van der Waals surface area contributed by atoms with Crippen LogP contribution >= 0.6 is 23.2 Å². The van der Waals surface area contributed by atoms with Crippen molar-refractivity contribution in [3.8, 4) is 5.75 Å². The van der Waals surface area contributed by atoms with E-state index in [1.165, 1.54) is 18.2 Å². The van der Waals surface area contributed by atoms with Crippen molar-refractivity contribution in [1.82, 2.24) is 5.32 Å². The maximum Gasteiger partial charge on any atom is 0.263 e. The number of hydrogen-bond donors (Lipinski definition) is 2. The molecule has 168 valence electrons. The third-order valence-corrected chi connectivity index (χ3v) is 6.97. The van der Waals surface area contributed by atoms with Crippen LogP contribution in [0, 0.1) is 13.8 Å². The van der Waals surface area contributed by atoms with Crippen LogP contribution in [0.4, 0.5) is 5.69 Å². The Hall–Kier alpha value is -2.74. The molecule has 0 bridgehead atoms. The van der Waals surface area contributed by atoms with Crippen molar-refractivity contribution in [1.29, 1.82) is 0 Å². The van der Waals surface area contributed by atoms with Crippen LogP contribution in [0.1, 0.15) is 21.5 Å². The van der Waals surface area contributed by atoms with E-state index in [-0.39, 0.29) is 28.6 Å². The minimum absolute atomic E-state index is 0.0152. The number of amides is 1. The first-order valence-corrected chi connectivity index (χ1v) is 12.0. The normalized spacial score (nSPS) is 11.1. The molecule has 0 aliphatic carbocycles. The molecule has 3 aromatic rings. The van der Waals surface area contributed by atoms with Gasteiger partial charge in [0, 0.05) is 5.56 Å². The molecule has 0 spiro atoms. The van der Waals surface area contributed by atoms with Crippen molar-refractivity contribution >= 4 is 44.8 Å². The number of hydrogen-bond acceptors (Lipinski definition) is 4. The van der Waals surface area contributed by atoms with Crippen molar-refractivity contribution in [3.63, 3.8) is 0 Å². The maximum absolute atomic E-state index is 13.0. The van der Waals surface area contributed by atoms with Gasteiger partial charge in [0.25, 0.3) is 15.9 Å². The third-order valence-electron chi connectivity index (χ3n) is 4.81. The Bertz CT molecular complexity index is 1250. The predicted molar refractivity (Wildman–Crippen MR) is 127 cm³/mol. The van der Waals surface area contributed by atoms with Gasteiger partial charge in [-0.3, -0.25) is 9.52 Å². The molecule has 32 heavy (non-hydrogen) atoms. The third kappa shape index (κ3) is 5.73. The largest absolute Gasteiger partial charge is 0.490 e. The van der Waals surface area contributed by atoms with Crippen LogP contribution in [0.15, 0.2) is 65.6 Å². The molecule has 6 nitrogen and oxygen atoms in total. The maximum atomic E-state index is 13.0. The lowest BCUT2D eigenvalue weighted by Crippen LogP contribution is -2.28. The molecule has 3 rings (SSSR count). The first-order valence-electron chi connectivity index (χ1n) is 9.73. The molecule has 3 aromatic carbocycles. The van der Waals surface area contributed by atoms with Gasteiger partial charge in [0.05, 0.1) is 22.3 Å². The summed E-state index contributed by atoms with van der Waals surface area (Å²) < 4.78 is 34.0. The summed E-state index contributed by atoms with van der Waals surface area (Å²) in [6.07, 6.45) is 0. The van der Waals surface area contributed by atoms with E-state index in [1.807, 2.05) is 19.9 Å². The summed E-state index contributed by atoms with van der Waals surface area (Å²) in [6.45, 7) is 4.11. The van der Waals surface area contributed by atoms with Crippen molar-refractivity contribution < 1.29 is 17.9 Å². The second-order valence-corrected chi connectivity index (χ2v) is 9.50. The second-order valence-electron chi connectivity index (χ2n) is 7.03. The summed E-state index contributed by atoms with van der Waals surface area (Å²) >= 11 is 12.2. The molecule has 0 aliphatic rings. The molecule has 0 heterocycles. The molecule has 2 N–H and O–H groups in total. The van der Waals surface area contributed by atoms with Gasteiger partial charge in [0.2, 0.25) is 0 Å². The van der Waals surface area contributed by atoms with Gasteiger partial charge in [-0.1, -0.05) is 47.5 Å². The van der Waals surface area contributed by atoms with Gasteiger partial charge in [0.1, 0.15) is 17.3 Å². The molecule has 0 unspecified atom stereocenters. The highest BCUT2D eigenvalue weighted by atomic mass is 35.5. The van der Waals surface area contributed by atoms with E-state index in [1.54, 1.807) is 36.4 Å². The summed E-state index contributed by atoms with van der Waals surface area (Å²) in [4.78, 5) is 12.3. The molecule has 0 aromatic heterocycles. The molecule has 1 amide bonds. The average molecular weight is 493 g/mol. The van der Waals surface area contributed by atoms with Gasteiger partial charge < -0.3 is 10.1 Å². The smallest absolute Gasteiger partial charge is 0.263 e. The Labute approximate surface area is 197 Å². The molecule has 0 atom stereocenters. The monoisotopic (exact) mass is 492 g/mol. The number of halogens is 2. The van der Waals surface area contributed by atoms with E-state index in [4.69, 9.17) is 27.9 Å². The molecule has 0 saturated carbocycles. The van der Waals surface area contributed by atoms with Crippen molar-refractivity contribution in [2.24, 2.45) is 0 Å². The molecule has 0 radical (unpaired) electrons. The number of aryl methyl sites for hydroxylation is 1. The molecule has 9 heteroatoms. The zero-order chi connectivity index (χ0) is 23.3. The lowest BCUT2D eigenvalue weighted by molar-refractivity contribution is 0.0947. The summed E-state index contributed by atoms with van der Waals surface area (Å²) in [6, 6.07) is 16.4. The number of carbonyl (C=O) groups is 1. The second kappa shape index (κ2) is 10.3. The quantitative estimate of drug-likeness (QED) is 0.422. The van der Waals surface area contributed by atoms with E-state index in [0.29, 0.717) is 16.5 Å². The fourth-order valence-corrected chi connectivity index (χ4v) is 4.74. The Morgan fingerprint density at radius 1 is 0.969 bits per heavy atom. The van der Waals surface area contributed by atoms with Crippen molar-refractivity contribution in [2.75, 3.05) is 17.9 Å². The number of sulfonamides is 1. The van der Waals surface area contributed by atoms with Crippen molar-refractivity contribution in [2.45, 2.75) is 18.7 Å². The molecule has 0 saturated heterocycles. The first-order chi connectivity index (χ1) is 15.2. The minimum atomic E-state index is -4.01. The number of para-hydroxylation sites is 1. The molecular weight excluding hydrogens is 471 g/mol. The van der Waals surface area contributed by atoms with Gasteiger partial charge in [-0.05, 0) is 61.4 Å². The molecular formula is C23H22Cl2N2O4S. The van der Waals surface area contributed by atoms with Crippen LogP contribution in [0.25, 0.3) is 0 Å². The first kappa shape index (κ1) is 23.9. The zero-order valence-electron chi connectivity index (χ0n) is 17.5. The average Bonchev–Trinajstić information content (AvgIpc) is 2.75. The summed E-state index contributed by atoms with van der Waals surface area (Å²) in [5.74, 6) is 0.0633. The van der Waals surface area contributed by atoms with Crippen molar-refractivity contribution in [3.05, 3.63) is 87.4 Å². The highest BCUT2D eigenvalue weighted by Gasteiger charge is 2.21. The van der Waals surface area contributed by atoms with E-state index < -0.39 is 15.9 Å². The zero-order valence-corrected chi connectivity index (χ0v) is 19.8. The Balaban J connectivity index is 1.69. The van der Waals surface area contributed by atoms with Crippen LogP contribution in [0.5, 0.6) is 5.75 Å². The predicted octanol–water partition coefficient (Wildman–Crippen LogP) is 5.22. The summed E-state index contributed by atoms with van der Waals surface area (Å²) in [5, 5.41) is 3.18. The lowest BCUT2D eigenvalue weighted by Gasteiger charge is -2.14. The number of anilines is 1. The van der Waals surface area contributed by atoms with E-state index >= 15 is 0 Å². The number of nitrogens with one attached hydrogen (secondary N) is 2. The van der Waals surface area contributed by atoms with E-state index in [2.05, 4.69) is 10.0 Å². The molecule has 0 aliphatic heterocycles. The van der Waals surface area contributed by atoms with Crippen LogP contribution in [0.3, 0.4) is 0 Å². The topological polar surface area (TPSA) is 84.5 Å². The Morgan fingerprint density at radius 2 is 1.72 bits per heavy atom.